The number of hydrogen-bond acceptors (Lipinski definition) is 3. The van der Waals surface area contributed by atoms with E-state index in [4.69, 9.17) is 16.3 Å². The Balaban J connectivity index is 1.82. The van der Waals surface area contributed by atoms with E-state index in [0.29, 0.717) is 30.3 Å². The fraction of sp³-hybridized carbons (Fsp3) is 0.300. The standard InChI is InChI=1S/C20H21ClN2O3/c1-26-12-4-11-22-19(24)18-16-5-2-3-6-17(16)20(25)23(18)13-14-7-9-15(21)10-8-14/h2-3,5-10,18H,4,11-13H2,1H3,(H,22,24)/t18-/m0/s1. The average Bonchev–Trinajstić information content (AvgIpc) is 2.93. The minimum atomic E-state index is -0.628. The molecule has 0 spiro atoms. The molecule has 0 aromatic heterocycles. The predicted octanol–water partition coefficient (Wildman–Crippen LogP) is 3.19. The molecule has 1 N–H and O–H groups in total. The summed E-state index contributed by atoms with van der Waals surface area (Å²) in [7, 11) is 1.63. The molecule has 2 amide bonds. The van der Waals surface area contributed by atoms with Crippen LogP contribution in [0.25, 0.3) is 0 Å². The maximum absolute atomic E-state index is 12.9. The number of nitrogens with one attached hydrogen (secondary N) is 1. The van der Waals surface area contributed by atoms with Crippen LogP contribution in [0.1, 0.15) is 33.9 Å². The number of hydrogen-bond donors (Lipinski definition) is 1. The van der Waals surface area contributed by atoms with E-state index < -0.39 is 6.04 Å². The number of amides is 2. The molecule has 136 valence electrons. The molecule has 5 nitrogen and oxygen atoms in total. The third-order valence-electron chi connectivity index (χ3n) is 4.40. The largest absolute Gasteiger partial charge is 0.385 e. The Morgan fingerprint density at radius 3 is 2.65 bits per heavy atom. The summed E-state index contributed by atoms with van der Waals surface area (Å²) in [5.41, 5.74) is 2.25. The van der Waals surface area contributed by atoms with E-state index in [1.54, 1.807) is 30.2 Å². The number of ether oxygens (including phenoxy) is 1. The summed E-state index contributed by atoms with van der Waals surface area (Å²) in [6.07, 6.45) is 0.724. The highest BCUT2D eigenvalue weighted by molar-refractivity contribution is 6.30. The first-order valence-corrected chi connectivity index (χ1v) is 8.90. The molecule has 0 saturated carbocycles. The third-order valence-corrected chi connectivity index (χ3v) is 4.65. The van der Waals surface area contributed by atoms with Crippen molar-refractivity contribution in [2.24, 2.45) is 0 Å². The Labute approximate surface area is 157 Å². The second kappa shape index (κ2) is 8.34. The van der Waals surface area contributed by atoms with Crippen LogP contribution >= 0.6 is 11.6 Å². The third kappa shape index (κ3) is 3.89. The summed E-state index contributed by atoms with van der Waals surface area (Å²) < 4.78 is 5.01. The number of carbonyl (C=O) groups is 2. The molecular weight excluding hydrogens is 352 g/mol. The molecule has 0 saturated heterocycles. The van der Waals surface area contributed by atoms with Crippen LogP contribution in [0, 0.1) is 0 Å². The monoisotopic (exact) mass is 372 g/mol. The van der Waals surface area contributed by atoms with Gasteiger partial charge >= 0.3 is 0 Å². The minimum Gasteiger partial charge on any atom is -0.385 e. The van der Waals surface area contributed by atoms with Gasteiger partial charge in [-0.2, -0.15) is 0 Å². The minimum absolute atomic E-state index is 0.132. The van der Waals surface area contributed by atoms with Crippen molar-refractivity contribution < 1.29 is 14.3 Å². The molecule has 1 aliphatic rings. The molecule has 0 fully saturated rings. The SMILES string of the molecule is COCCCNC(=O)[C@@H]1c2ccccc2C(=O)N1Cc1ccc(Cl)cc1. The molecule has 0 aliphatic carbocycles. The molecule has 1 aliphatic heterocycles. The average molecular weight is 373 g/mol. The highest BCUT2D eigenvalue weighted by Crippen LogP contribution is 2.35. The second-order valence-electron chi connectivity index (χ2n) is 6.19. The van der Waals surface area contributed by atoms with Gasteiger partial charge in [0.25, 0.3) is 5.91 Å². The Morgan fingerprint density at radius 2 is 1.92 bits per heavy atom. The predicted molar refractivity (Wildman–Crippen MR) is 100 cm³/mol. The zero-order valence-electron chi connectivity index (χ0n) is 14.6. The Morgan fingerprint density at radius 1 is 1.19 bits per heavy atom. The van der Waals surface area contributed by atoms with Crippen LogP contribution in [0.3, 0.4) is 0 Å². The first-order valence-electron chi connectivity index (χ1n) is 8.53. The molecule has 2 aromatic carbocycles. The zero-order chi connectivity index (χ0) is 18.5. The summed E-state index contributed by atoms with van der Waals surface area (Å²) >= 11 is 5.94. The van der Waals surface area contributed by atoms with Gasteiger partial charge in [0.2, 0.25) is 5.91 Å². The summed E-state index contributed by atoms with van der Waals surface area (Å²) in [6.45, 7) is 1.43. The lowest BCUT2D eigenvalue weighted by atomic mass is 10.0. The van der Waals surface area contributed by atoms with E-state index in [1.165, 1.54) is 0 Å². The van der Waals surface area contributed by atoms with Gasteiger partial charge < -0.3 is 15.0 Å². The highest BCUT2D eigenvalue weighted by Gasteiger charge is 2.40. The van der Waals surface area contributed by atoms with E-state index in [9.17, 15) is 9.59 Å². The van der Waals surface area contributed by atoms with Crippen molar-refractivity contribution in [3.8, 4) is 0 Å². The van der Waals surface area contributed by atoms with Gasteiger partial charge in [0.1, 0.15) is 6.04 Å². The van der Waals surface area contributed by atoms with Crippen LogP contribution in [0.15, 0.2) is 48.5 Å². The van der Waals surface area contributed by atoms with Gasteiger partial charge in [-0.3, -0.25) is 9.59 Å². The molecule has 26 heavy (non-hydrogen) atoms. The molecule has 1 atom stereocenters. The number of methoxy groups -OCH3 is 1. The van der Waals surface area contributed by atoms with E-state index in [-0.39, 0.29) is 11.8 Å². The number of carbonyl (C=O) groups excluding carboxylic acids is 2. The first kappa shape index (κ1) is 18.4. The van der Waals surface area contributed by atoms with Gasteiger partial charge in [-0.25, -0.2) is 0 Å². The topological polar surface area (TPSA) is 58.6 Å². The van der Waals surface area contributed by atoms with Gasteiger partial charge in [0.15, 0.2) is 0 Å². The number of halogens is 1. The molecule has 0 radical (unpaired) electrons. The molecule has 1 heterocycles. The zero-order valence-corrected chi connectivity index (χ0v) is 15.3. The van der Waals surface area contributed by atoms with Crippen LogP contribution < -0.4 is 5.32 Å². The number of fused-ring (bicyclic) bond motifs is 1. The fourth-order valence-corrected chi connectivity index (χ4v) is 3.25. The smallest absolute Gasteiger partial charge is 0.255 e. The summed E-state index contributed by atoms with van der Waals surface area (Å²) in [4.78, 5) is 27.3. The van der Waals surface area contributed by atoms with Crippen LogP contribution in [0.2, 0.25) is 5.02 Å². The van der Waals surface area contributed by atoms with E-state index in [2.05, 4.69) is 5.32 Å². The Bertz CT molecular complexity index is 792. The number of rotatable bonds is 7. The molecule has 6 heteroatoms. The lowest BCUT2D eigenvalue weighted by Gasteiger charge is -2.25. The fourth-order valence-electron chi connectivity index (χ4n) is 3.13. The molecule has 0 unspecified atom stereocenters. The maximum atomic E-state index is 12.9. The molecular formula is C20H21ClN2O3. The van der Waals surface area contributed by atoms with Crippen LogP contribution in [-0.2, 0) is 16.1 Å². The first-order chi connectivity index (χ1) is 12.6. The summed E-state index contributed by atoms with van der Waals surface area (Å²) in [5, 5.41) is 3.55. The lowest BCUT2D eigenvalue weighted by molar-refractivity contribution is -0.125. The van der Waals surface area contributed by atoms with Gasteiger partial charge in [-0.15, -0.1) is 0 Å². The van der Waals surface area contributed by atoms with Crippen LogP contribution in [0.5, 0.6) is 0 Å². The normalized spacial score (nSPS) is 15.8. The second-order valence-corrected chi connectivity index (χ2v) is 6.62. The van der Waals surface area contributed by atoms with Crippen LogP contribution in [-0.4, -0.2) is 37.0 Å². The van der Waals surface area contributed by atoms with Crippen molar-refractivity contribution in [3.05, 3.63) is 70.2 Å². The Hall–Kier alpha value is -2.37. The van der Waals surface area contributed by atoms with Crippen molar-refractivity contribution >= 4 is 23.4 Å². The molecule has 0 bridgehead atoms. The quantitative estimate of drug-likeness (QED) is 0.759. The van der Waals surface area contributed by atoms with Crippen LogP contribution in [0.4, 0.5) is 0 Å². The van der Waals surface area contributed by atoms with Gasteiger partial charge in [-0.1, -0.05) is 41.9 Å². The van der Waals surface area contributed by atoms with Crippen molar-refractivity contribution in [2.75, 3.05) is 20.3 Å². The number of nitrogens with zero attached hydrogens (tertiary/aromatic N) is 1. The van der Waals surface area contributed by atoms with E-state index in [0.717, 1.165) is 17.5 Å². The lowest BCUT2D eigenvalue weighted by Crippen LogP contribution is -2.39. The van der Waals surface area contributed by atoms with Gasteiger partial charge in [-0.05, 0) is 35.7 Å². The maximum Gasteiger partial charge on any atom is 0.255 e. The van der Waals surface area contributed by atoms with Crippen molar-refractivity contribution in [1.82, 2.24) is 10.2 Å². The van der Waals surface area contributed by atoms with Crippen molar-refractivity contribution in [2.45, 2.75) is 19.0 Å². The molecule has 2 aromatic rings. The number of benzene rings is 2. The van der Waals surface area contributed by atoms with Gasteiger partial charge in [0, 0.05) is 37.4 Å². The van der Waals surface area contributed by atoms with Crippen molar-refractivity contribution in [3.63, 3.8) is 0 Å². The molecule has 3 rings (SSSR count). The van der Waals surface area contributed by atoms with Gasteiger partial charge in [0.05, 0.1) is 0 Å². The Kier molecular flexibility index (Phi) is 5.91. The summed E-state index contributed by atoms with van der Waals surface area (Å²) in [6, 6.07) is 13.9. The van der Waals surface area contributed by atoms with E-state index >= 15 is 0 Å². The van der Waals surface area contributed by atoms with E-state index in [1.807, 2.05) is 30.3 Å². The highest BCUT2D eigenvalue weighted by atomic mass is 35.5. The summed E-state index contributed by atoms with van der Waals surface area (Å²) in [5.74, 6) is -0.305. The van der Waals surface area contributed by atoms with Crippen molar-refractivity contribution in [1.29, 1.82) is 0 Å².